The van der Waals surface area contributed by atoms with Crippen LogP contribution in [-0.2, 0) is 0 Å². The highest BCUT2D eigenvalue weighted by molar-refractivity contribution is 5.97. The second-order valence-corrected chi connectivity index (χ2v) is 8.84. The molecule has 1 amide bonds. The fourth-order valence-electron chi connectivity index (χ4n) is 3.82. The predicted octanol–water partition coefficient (Wildman–Crippen LogP) is 3.30. The average Bonchev–Trinajstić information content (AvgIpc) is 2.83. The maximum absolute atomic E-state index is 14.8. The Morgan fingerprint density at radius 1 is 1.10 bits per heavy atom. The first kappa shape index (κ1) is 30.7. The Balaban J connectivity index is 2.29. The van der Waals surface area contributed by atoms with Gasteiger partial charge in [0.2, 0.25) is 5.43 Å². The monoisotopic (exact) mass is 582 g/mol. The molecule has 0 fully saturated rings. The van der Waals surface area contributed by atoms with Crippen LogP contribution < -0.4 is 15.6 Å². The number of benzene rings is 1. The standard InChI is InChI=1S/C24H22F8N4O4/c1-11(38)9-35(5-6-37)18-4-3-14-20(39)15(22(40)33-12(2)23(28,29)24(30,31)32)10-36(21(14)34-18)19-16(26)7-13(25)8-17(19)27/h3-4,7-8,10-12,37-38H,5-6,9H2,1-2H3,(H,33,40)/t11-,12?/m0/s1. The summed E-state index contributed by atoms with van der Waals surface area (Å²) >= 11 is 0. The van der Waals surface area contributed by atoms with Crippen molar-refractivity contribution >= 4 is 22.8 Å². The number of pyridine rings is 2. The van der Waals surface area contributed by atoms with Crippen LogP contribution in [0.2, 0.25) is 0 Å². The van der Waals surface area contributed by atoms with E-state index in [0.29, 0.717) is 17.7 Å². The highest BCUT2D eigenvalue weighted by Crippen LogP contribution is 2.38. The van der Waals surface area contributed by atoms with Crippen molar-refractivity contribution in [3.8, 4) is 5.69 Å². The minimum atomic E-state index is -6.05. The summed E-state index contributed by atoms with van der Waals surface area (Å²) < 4.78 is 109. The zero-order chi connectivity index (χ0) is 30.2. The maximum atomic E-state index is 14.8. The van der Waals surface area contributed by atoms with Gasteiger partial charge < -0.3 is 20.4 Å². The number of fused-ring (bicyclic) bond motifs is 1. The predicted molar refractivity (Wildman–Crippen MR) is 126 cm³/mol. The molecule has 1 unspecified atom stereocenters. The molecule has 1 aromatic carbocycles. The minimum Gasteiger partial charge on any atom is -0.395 e. The molecule has 0 saturated carbocycles. The van der Waals surface area contributed by atoms with E-state index in [0.717, 1.165) is 6.07 Å². The lowest BCUT2D eigenvalue weighted by molar-refractivity contribution is -0.290. The molecule has 0 saturated heterocycles. The average molecular weight is 582 g/mol. The Morgan fingerprint density at radius 3 is 2.23 bits per heavy atom. The maximum Gasteiger partial charge on any atom is 0.455 e. The van der Waals surface area contributed by atoms with Gasteiger partial charge in [-0.1, -0.05) is 0 Å². The van der Waals surface area contributed by atoms with Crippen LogP contribution in [0.25, 0.3) is 16.7 Å². The summed E-state index contributed by atoms with van der Waals surface area (Å²) in [5, 5.41) is 20.0. The third-order valence-corrected chi connectivity index (χ3v) is 5.75. The third-order valence-electron chi connectivity index (χ3n) is 5.75. The number of alkyl halides is 5. The first-order valence-corrected chi connectivity index (χ1v) is 11.5. The van der Waals surface area contributed by atoms with E-state index in [4.69, 9.17) is 0 Å². The quantitative estimate of drug-likeness (QED) is 0.335. The van der Waals surface area contributed by atoms with Crippen molar-refractivity contribution in [3.05, 3.63) is 63.7 Å². The van der Waals surface area contributed by atoms with Gasteiger partial charge in [-0.2, -0.15) is 22.0 Å². The fraction of sp³-hybridized carbons (Fsp3) is 0.375. The third kappa shape index (κ3) is 6.01. The lowest BCUT2D eigenvalue weighted by atomic mass is 10.1. The zero-order valence-corrected chi connectivity index (χ0v) is 20.7. The number of nitrogens with one attached hydrogen (secondary N) is 1. The molecule has 3 aromatic rings. The number of aliphatic hydroxyl groups is 2. The first-order chi connectivity index (χ1) is 18.5. The Labute approximate surface area is 220 Å². The Morgan fingerprint density at radius 2 is 1.70 bits per heavy atom. The molecule has 3 N–H and O–H groups in total. The van der Waals surface area contributed by atoms with Gasteiger partial charge in [-0.3, -0.25) is 14.2 Å². The summed E-state index contributed by atoms with van der Waals surface area (Å²) in [7, 11) is 0. The van der Waals surface area contributed by atoms with Gasteiger partial charge in [0, 0.05) is 31.4 Å². The molecule has 0 spiro atoms. The van der Waals surface area contributed by atoms with Gasteiger partial charge in [-0.05, 0) is 26.0 Å². The SMILES string of the molecule is CC(NC(=O)c1cn(-c2c(F)cc(F)cc2F)c2nc(N(CCO)C[C@H](C)O)ccc2c1=O)C(F)(F)C(F)(F)F. The zero-order valence-electron chi connectivity index (χ0n) is 20.7. The molecule has 218 valence electrons. The summed E-state index contributed by atoms with van der Waals surface area (Å²) in [6.45, 7) is 1.17. The summed E-state index contributed by atoms with van der Waals surface area (Å²) in [6.07, 6.45) is -6.52. The number of hydrogen-bond donors (Lipinski definition) is 3. The summed E-state index contributed by atoms with van der Waals surface area (Å²) in [5.41, 5.74) is -3.89. The van der Waals surface area contributed by atoms with Crippen LogP contribution in [-0.4, -0.2) is 69.6 Å². The van der Waals surface area contributed by atoms with Crippen LogP contribution in [0.15, 0.2) is 35.3 Å². The highest BCUT2D eigenvalue weighted by Gasteiger charge is 2.61. The lowest BCUT2D eigenvalue weighted by Crippen LogP contribution is -2.54. The van der Waals surface area contributed by atoms with Gasteiger partial charge in [0.05, 0.1) is 24.1 Å². The van der Waals surface area contributed by atoms with Crippen LogP contribution in [0.3, 0.4) is 0 Å². The van der Waals surface area contributed by atoms with Crippen LogP contribution in [0, 0.1) is 17.5 Å². The van der Waals surface area contributed by atoms with E-state index in [1.54, 1.807) is 0 Å². The van der Waals surface area contributed by atoms with Gasteiger partial charge >= 0.3 is 12.1 Å². The Bertz CT molecular complexity index is 1450. The number of carbonyl (C=O) groups excluding carboxylic acids is 1. The molecule has 0 aliphatic heterocycles. The summed E-state index contributed by atoms with van der Waals surface area (Å²) in [5.74, 6) is -11.5. The molecule has 0 aliphatic rings. The Hall–Kier alpha value is -3.79. The number of carbonyl (C=O) groups is 1. The molecule has 16 heteroatoms. The van der Waals surface area contributed by atoms with Gasteiger partial charge in [0.25, 0.3) is 5.91 Å². The number of anilines is 1. The second kappa shape index (κ2) is 11.4. The number of aromatic nitrogens is 2. The van der Waals surface area contributed by atoms with E-state index >= 15 is 0 Å². The molecule has 3 rings (SSSR count). The van der Waals surface area contributed by atoms with E-state index in [1.807, 2.05) is 0 Å². The number of amides is 1. The number of rotatable bonds is 9. The molecule has 8 nitrogen and oxygen atoms in total. The highest BCUT2D eigenvalue weighted by atomic mass is 19.4. The molecule has 0 radical (unpaired) electrons. The van der Waals surface area contributed by atoms with Gasteiger partial charge in [-0.25, -0.2) is 18.2 Å². The number of aliphatic hydroxyl groups excluding tert-OH is 2. The van der Waals surface area contributed by atoms with Gasteiger partial charge in [0.15, 0.2) is 17.3 Å². The number of halogens is 8. The Kier molecular flexibility index (Phi) is 8.74. The van der Waals surface area contributed by atoms with E-state index in [1.165, 1.54) is 23.2 Å². The molecule has 2 atom stereocenters. The topological polar surface area (TPSA) is 108 Å². The van der Waals surface area contributed by atoms with Crippen molar-refractivity contribution in [1.29, 1.82) is 0 Å². The van der Waals surface area contributed by atoms with Crippen molar-refractivity contribution in [2.75, 3.05) is 24.6 Å². The minimum absolute atomic E-state index is 0.0193. The molecule has 0 bridgehead atoms. The largest absolute Gasteiger partial charge is 0.455 e. The number of hydrogen-bond acceptors (Lipinski definition) is 6. The lowest BCUT2D eigenvalue weighted by Gasteiger charge is -2.26. The van der Waals surface area contributed by atoms with Crippen LogP contribution >= 0.6 is 0 Å². The first-order valence-electron chi connectivity index (χ1n) is 11.5. The normalized spacial score (nSPS) is 13.8. The molecule has 2 aromatic heterocycles. The van der Waals surface area contributed by atoms with Crippen molar-refractivity contribution < 1.29 is 50.1 Å². The van der Waals surface area contributed by atoms with E-state index in [-0.39, 0.29) is 31.0 Å². The van der Waals surface area contributed by atoms with Crippen LogP contribution in [0.1, 0.15) is 24.2 Å². The van der Waals surface area contributed by atoms with Gasteiger partial charge in [-0.15, -0.1) is 0 Å². The van der Waals surface area contributed by atoms with E-state index in [9.17, 15) is 54.9 Å². The van der Waals surface area contributed by atoms with Crippen molar-refractivity contribution in [2.24, 2.45) is 0 Å². The van der Waals surface area contributed by atoms with Crippen molar-refractivity contribution in [3.63, 3.8) is 0 Å². The van der Waals surface area contributed by atoms with Crippen LogP contribution in [0.4, 0.5) is 40.9 Å². The number of nitrogens with zero attached hydrogens (tertiary/aromatic N) is 3. The fourth-order valence-corrected chi connectivity index (χ4v) is 3.82. The summed E-state index contributed by atoms with van der Waals surface area (Å²) in [4.78, 5) is 31.4. The van der Waals surface area contributed by atoms with E-state index in [2.05, 4.69) is 4.98 Å². The molecular formula is C24H22F8N4O4. The van der Waals surface area contributed by atoms with Crippen molar-refractivity contribution in [2.45, 2.75) is 38.1 Å². The van der Waals surface area contributed by atoms with Gasteiger partial charge in [0.1, 0.15) is 22.9 Å². The molecular weight excluding hydrogens is 560 g/mol. The summed E-state index contributed by atoms with van der Waals surface area (Å²) in [6, 6.07) is -0.0959. The molecule has 40 heavy (non-hydrogen) atoms. The molecule has 0 aliphatic carbocycles. The van der Waals surface area contributed by atoms with Crippen LogP contribution in [0.5, 0.6) is 0 Å². The smallest absolute Gasteiger partial charge is 0.395 e. The van der Waals surface area contributed by atoms with Crippen molar-refractivity contribution in [1.82, 2.24) is 14.9 Å². The second-order valence-electron chi connectivity index (χ2n) is 8.84. The molecule has 2 heterocycles. The van der Waals surface area contributed by atoms with E-state index < -0.39 is 81.9 Å².